The number of likely N-dealkylation sites (tertiary alicyclic amines) is 1. The third-order valence-electron chi connectivity index (χ3n) is 4.20. The molecule has 0 radical (unpaired) electrons. The average molecular weight is 263 g/mol. The van der Waals surface area contributed by atoms with E-state index >= 15 is 0 Å². The molecule has 0 spiro atoms. The topological polar surface area (TPSA) is 20.3 Å². The van der Waals surface area contributed by atoms with Crippen molar-refractivity contribution in [1.82, 2.24) is 4.90 Å². The molecule has 0 aromatic rings. The Balaban J connectivity index is 1.67. The van der Waals surface area contributed by atoms with Gasteiger partial charge in [0.25, 0.3) is 0 Å². The normalized spacial score (nSPS) is 22.9. The van der Waals surface area contributed by atoms with Crippen LogP contribution in [-0.2, 0) is 4.79 Å². The number of carbonyl (C=O) groups is 1. The second kappa shape index (κ2) is 5.49. The number of rotatable bonds is 3. The van der Waals surface area contributed by atoms with Crippen LogP contribution in [-0.4, -0.2) is 30.1 Å². The van der Waals surface area contributed by atoms with E-state index in [9.17, 15) is 18.0 Å². The second-order valence-electron chi connectivity index (χ2n) is 5.57. The summed E-state index contributed by atoms with van der Waals surface area (Å²) in [6.45, 7) is 1.36. The van der Waals surface area contributed by atoms with Crippen molar-refractivity contribution in [3.63, 3.8) is 0 Å². The Kier molecular flexibility index (Phi) is 4.17. The largest absolute Gasteiger partial charge is 0.389 e. The zero-order valence-electron chi connectivity index (χ0n) is 10.5. The van der Waals surface area contributed by atoms with Crippen LogP contribution in [0.2, 0.25) is 0 Å². The van der Waals surface area contributed by atoms with Crippen LogP contribution >= 0.6 is 0 Å². The van der Waals surface area contributed by atoms with Crippen molar-refractivity contribution in [3.05, 3.63) is 0 Å². The summed E-state index contributed by atoms with van der Waals surface area (Å²) in [7, 11) is 0. The number of alkyl halides is 3. The van der Waals surface area contributed by atoms with Crippen molar-refractivity contribution in [1.29, 1.82) is 0 Å². The number of nitrogens with zero attached hydrogens (tertiary/aromatic N) is 1. The Bertz CT molecular complexity index is 291. The molecule has 0 aromatic carbocycles. The van der Waals surface area contributed by atoms with Gasteiger partial charge in [0, 0.05) is 19.5 Å². The summed E-state index contributed by atoms with van der Waals surface area (Å²) < 4.78 is 36.0. The minimum absolute atomic E-state index is 0.334. The predicted molar refractivity (Wildman–Crippen MR) is 61.9 cm³/mol. The molecular formula is C13H20F3NO. The van der Waals surface area contributed by atoms with E-state index < -0.39 is 12.6 Å². The van der Waals surface area contributed by atoms with Crippen molar-refractivity contribution in [2.75, 3.05) is 13.1 Å². The Labute approximate surface area is 106 Å². The molecule has 0 aromatic heterocycles. The fraction of sp³-hybridized carbons (Fsp3) is 0.923. The zero-order chi connectivity index (χ0) is 13.2. The summed E-state index contributed by atoms with van der Waals surface area (Å²) in [5, 5.41) is 0. The highest BCUT2D eigenvalue weighted by atomic mass is 19.4. The van der Waals surface area contributed by atoms with Crippen molar-refractivity contribution in [3.8, 4) is 0 Å². The second-order valence-corrected chi connectivity index (χ2v) is 5.57. The molecule has 1 aliphatic heterocycles. The van der Waals surface area contributed by atoms with Crippen LogP contribution in [0.4, 0.5) is 13.2 Å². The summed E-state index contributed by atoms with van der Waals surface area (Å²) in [6, 6.07) is 0. The van der Waals surface area contributed by atoms with Gasteiger partial charge in [0.05, 0.1) is 6.42 Å². The molecule has 0 N–H and O–H groups in total. The summed E-state index contributed by atoms with van der Waals surface area (Å²) >= 11 is 0. The van der Waals surface area contributed by atoms with Crippen molar-refractivity contribution >= 4 is 5.91 Å². The van der Waals surface area contributed by atoms with E-state index in [1.807, 2.05) is 0 Å². The van der Waals surface area contributed by atoms with Gasteiger partial charge in [0.1, 0.15) is 0 Å². The van der Waals surface area contributed by atoms with E-state index in [1.165, 1.54) is 32.1 Å². The van der Waals surface area contributed by atoms with Gasteiger partial charge in [0.15, 0.2) is 0 Å². The summed E-state index contributed by atoms with van der Waals surface area (Å²) in [5.74, 6) is 0.907. The molecule has 2 fully saturated rings. The van der Waals surface area contributed by atoms with Gasteiger partial charge in [-0.25, -0.2) is 0 Å². The number of halogens is 3. The lowest BCUT2D eigenvalue weighted by molar-refractivity contribution is -0.153. The molecule has 104 valence electrons. The van der Waals surface area contributed by atoms with Gasteiger partial charge in [-0.15, -0.1) is 0 Å². The highest BCUT2D eigenvalue weighted by Crippen LogP contribution is 2.35. The van der Waals surface area contributed by atoms with E-state index in [4.69, 9.17) is 0 Å². The average Bonchev–Trinajstić information content (AvgIpc) is 2.25. The van der Waals surface area contributed by atoms with Gasteiger partial charge >= 0.3 is 6.18 Å². The minimum atomic E-state index is -4.22. The molecule has 0 bridgehead atoms. The Morgan fingerprint density at radius 1 is 1.06 bits per heavy atom. The number of amides is 1. The molecule has 18 heavy (non-hydrogen) atoms. The van der Waals surface area contributed by atoms with Gasteiger partial charge in [-0.05, 0) is 11.8 Å². The quantitative estimate of drug-likeness (QED) is 0.764. The minimum Gasteiger partial charge on any atom is -0.342 e. The van der Waals surface area contributed by atoms with Gasteiger partial charge in [-0.1, -0.05) is 32.1 Å². The summed E-state index contributed by atoms with van der Waals surface area (Å²) in [5.41, 5.74) is 0. The predicted octanol–water partition coefficient (Wildman–Crippen LogP) is 3.37. The maximum atomic E-state index is 12.0. The summed E-state index contributed by atoms with van der Waals surface area (Å²) in [6.07, 6.45) is 0.703. The van der Waals surface area contributed by atoms with Gasteiger partial charge < -0.3 is 4.90 Å². The lowest BCUT2D eigenvalue weighted by atomic mass is 9.76. The molecule has 2 nitrogen and oxygen atoms in total. The molecule has 0 atom stereocenters. The molecule has 1 saturated heterocycles. The first-order valence-electron chi connectivity index (χ1n) is 6.80. The van der Waals surface area contributed by atoms with E-state index in [2.05, 4.69) is 0 Å². The van der Waals surface area contributed by atoms with E-state index in [0.29, 0.717) is 24.9 Å². The maximum Gasteiger partial charge on any atom is 0.389 e. The molecule has 1 amide bonds. The number of hydrogen-bond acceptors (Lipinski definition) is 1. The Hall–Kier alpha value is -0.740. The third kappa shape index (κ3) is 3.62. The summed E-state index contributed by atoms with van der Waals surface area (Å²) in [4.78, 5) is 13.1. The third-order valence-corrected chi connectivity index (χ3v) is 4.20. The zero-order valence-corrected chi connectivity index (χ0v) is 10.5. The Morgan fingerprint density at radius 3 is 2.22 bits per heavy atom. The molecule has 1 heterocycles. The lowest BCUT2D eigenvalue weighted by Gasteiger charge is -2.44. The fourth-order valence-corrected chi connectivity index (χ4v) is 3.03. The van der Waals surface area contributed by atoms with Gasteiger partial charge in [-0.3, -0.25) is 4.79 Å². The molecule has 1 aliphatic carbocycles. The van der Waals surface area contributed by atoms with Crippen LogP contribution in [0.5, 0.6) is 0 Å². The van der Waals surface area contributed by atoms with Crippen LogP contribution in [0.25, 0.3) is 0 Å². The number of hydrogen-bond donors (Lipinski definition) is 0. The lowest BCUT2D eigenvalue weighted by Crippen LogP contribution is -2.53. The molecule has 0 unspecified atom stereocenters. The van der Waals surface area contributed by atoms with Gasteiger partial charge in [0.2, 0.25) is 5.91 Å². The highest BCUT2D eigenvalue weighted by molar-refractivity contribution is 5.77. The van der Waals surface area contributed by atoms with E-state index in [1.54, 1.807) is 4.90 Å². The number of carbonyl (C=O) groups excluding carboxylic acids is 1. The first-order valence-corrected chi connectivity index (χ1v) is 6.80. The van der Waals surface area contributed by atoms with Crippen molar-refractivity contribution in [2.24, 2.45) is 11.8 Å². The molecule has 2 rings (SSSR count). The van der Waals surface area contributed by atoms with Crippen LogP contribution in [0.3, 0.4) is 0 Å². The highest BCUT2D eigenvalue weighted by Gasteiger charge is 2.37. The van der Waals surface area contributed by atoms with Crippen LogP contribution in [0.1, 0.15) is 44.9 Å². The first-order chi connectivity index (χ1) is 8.46. The first kappa shape index (κ1) is 13.7. The molecule has 2 aliphatic rings. The van der Waals surface area contributed by atoms with Crippen LogP contribution in [0.15, 0.2) is 0 Å². The standard InChI is InChI=1S/C13H20F3NO/c14-13(15,16)7-6-12(18)17-8-11(9-17)10-4-2-1-3-5-10/h10-11H,1-9H2. The van der Waals surface area contributed by atoms with E-state index in [0.717, 1.165) is 0 Å². The monoisotopic (exact) mass is 263 g/mol. The van der Waals surface area contributed by atoms with E-state index in [-0.39, 0.29) is 12.3 Å². The SMILES string of the molecule is O=C(CCC(F)(F)F)N1CC(C2CCCCC2)C1. The Morgan fingerprint density at radius 2 is 1.67 bits per heavy atom. The fourth-order valence-electron chi connectivity index (χ4n) is 3.03. The van der Waals surface area contributed by atoms with Gasteiger partial charge in [-0.2, -0.15) is 13.2 Å². The van der Waals surface area contributed by atoms with Crippen molar-refractivity contribution < 1.29 is 18.0 Å². The molecule has 5 heteroatoms. The molecule has 1 saturated carbocycles. The molecular weight excluding hydrogens is 243 g/mol. The van der Waals surface area contributed by atoms with Crippen LogP contribution in [0, 0.1) is 11.8 Å². The maximum absolute atomic E-state index is 12.0. The smallest absolute Gasteiger partial charge is 0.342 e. The van der Waals surface area contributed by atoms with Crippen molar-refractivity contribution in [2.45, 2.75) is 51.1 Å². The van der Waals surface area contributed by atoms with Crippen LogP contribution < -0.4 is 0 Å².